The van der Waals surface area contributed by atoms with Crippen LogP contribution in [-0.2, 0) is 4.79 Å². The predicted octanol–water partition coefficient (Wildman–Crippen LogP) is 5.88. The van der Waals surface area contributed by atoms with Gasteiger partial charge in [-0.1, -0.05) is 25.6 Å². The Hall–Kier alpha value is -2.55. The first-order valence-corrected chi connectivity index (χ1v) is 9.25. The van der Waals surface area contributed by atoms with Crippen LogP contribution in [0.4, 0.5) is 0 Å². The topological polar surface area (TPSA) is 46.5 Å². The zero-order valence-electron chi connectivity index (χ0n) is 17.7. The molecule has 0 bridgehead atoms. The largest absolute Gasteiger partial charge is 0.507 e. The van der Waals surface area contributed by atoms with E-state index in [-0.39, 0.29) is 5.92 Å². The van der Waals surface area contributed by atoms with Gasteiger partial charge in [-0.2, -0.15) is 0 Å². The average Bonchev–Trinajstić information content (AvgIpc) is 2.58. The van der Waals surface area contributed by atoms with E-state index in [1.807, 2.05) is 46.8 Å². The highest BCUT2D eigenvalue weighted by atomic mass is 16.5. The molecule has 2 aromatic carbocycles. The van der Waals surface area contributed by atoms with Gasteiger partial charge in [0.25, 0.3) is 0 Å². The number of phenolic OH excluding ortho intramolecular Hbond substituents is 1. The first kappa shape index (κ1) is 20.8. The summed E-state index contributed by atoms with van der Waals surface area (Å²) in [5, 5.41) is 10.8. The maximum Gasteiger partial charge on any atom is 0.338 e. The number of hydrogen-bond donors (Lipinski definition) is 1. The molecule has 0 aliphatic heterocycles. The highest BCUT2D eigenvalue weighted by Crippen LogP contribution is 2.43. The van der Waals surface area contributed by atoms with Crippen molar-refractivity contribution in [1.29, 1.82) is 0 Å². The molecule has 3 nitrogen and oxygen atoms in total. The molecule has 0 aliphatic rings. The second kappa shape index (κ2) is 7.59. The van der Waals surface area contributed by atoms with Crippen molar-refractivity contribution in [2.45, 2.75) is 61.3 Å². The van der Waals surface area contributed by atoms with E-state index in [1.54, 1.807) is 6.92 Å². The molecule has 3 heteroatoms. The van der Waals surface area contributed by atoms with Gasteiger partial charge in [0.2, 0.25) is 0 Å². The highest BCUT2D eigenvalue weighted by Gasteiger charge is 2.26. The lowest BCUT2D eigenvalue weighted by atomic mass is 9.82. The van der Waals surface area contributed by atoms with Crippen LogP contribution in [0.1, 0.15) is 64.3 Å². The Kier molecular flexibility index (Phi) is 5.84. The number of carbonyl (C=O) groups excluding carboxylic acids is 1. The highest BCUT2D eigenvalue weighted by molar-refractivity contribution is 5.89. The van der Waals surface area contributed by atoms with Crippen molar-refractivity contribution in [3.05, 3.63) is 68.8 Å². The molecule has 0 saturated carbocycles. The summed E-state index contributed by atoms with van der Waals surface area (Å²) in [6.07, 6.45) is 0. The number of phenols is 1. The number of ether oxygens (including phenoxy) is 1. The summed E-state index contributed by atoms with van der Waals surface area (Å²) >= 11 is 0. The molecule has 27 heavy (non-hydrogen) atoms. The van der Waals surface area contributed by atoms with Gasteiger partial charge >= 0.3 is 5.97 Å². The van der Waals surface area contributed by atoms with Crippen LogP contribution in [0.25, 0.3) is 0 Å². The minimum absolute atomic E-state index is 0.130. The van der Waals surface area contributed by atoms with Crippen molar-refractivity contribution in [3.8, 4) is 11.5 Å². The Morgan fingerprint density at radius 3 is 1.93 bits per heavy atom. The monoisotopic (exact) mass is 366 g/mol. The number of rotatable bonds is 4. The average molecular weight is 367 g/mol. The van der Waals surface area contributed by atoms with Crippen LogP contribution in [0.5, 0.6) is 11.5 Å². The molecule has 0 spiro atoms. The molecule has 0 saturated heterocycles. The van der Waals surface area contributed by atoms with Gasteiger partial charge in [-0.25, -0.2) is 4.79 Å². The fourth-order valence-corrected chi connectivity index (χ4v) is 3.71. The summed E-state index contributed by atoms with van der Waals surface area (Å²) in [6, 6.07) is 4.03. The molecule has 2 aromatic rings. The Morgan fingerprint density at radius 1 is 0.926 bits per heavy atom. The zero-order valence-corrected chi connectivity index (χ0v) is 17.7. The van der Waals surface area contributed by atoms with Crippen LogP contribution in [0.15, 0.2) is 24.3 Å². The van der Waals surface area contributed by atoms with Crippen LogP contribution in [0.2, 0.25) is 0 Å². The van der Waals surface area contributed by atoms with E-state index in [1.165, 1.54) is 0 Å². The SMILES string of the molecule is C=C(C)C(=O)Oc1c(C)cc(C)c(C)c1C(C)c1c(C)c(C)cc(C)c1O. The fourth-order valence-electron chi connectivity index (χ4n) is 3.71. The van der Waals surface area contributed by atoms with Crippen molar-refractivity contribution in [3.63, 3.8) is 0 Å². The minimum atomic E-state index is -0.434. The third-order valence-electron chi connectivity index (χ3n) is 5.50. The predicted molar refractivity (Wildman–Crippen MR) is 111 cm³/mol. The van der Waals surface area contributed by atoms with E-state index >= 15 is 0 Å². The van der Waals surface area contributed by atoms with Gasteiger partial charge in [0.05, 0.1) is 0 Å². The van der Waals surface area contributed by atoms with Crippen molar-refractivity contribution in [2.75, 3.05) is 0 Å². The molecular formula is C24H30O3. The van der Waals surface area contributed by atoms with Gasteiger partial charge in [-0.3, -0.25) is 0 Å². The smallest absolute Gasteiger partial charge is 0.338 e. The molecule has 0 heterocycles. The van der Waals surface area contributed by atoms with E-state index in [2.05, 4.69) is 20.4 Å². The molecule has 0 aliphatic carbocycles. The molecular weight excluding hydrogens is 336 g/mol. The van der Waals surface area contributed by atoms with Crippen molar-refractivity contribution < 1.29 is 14.6 Å². The van der Waals surface area contributed by atoms with Gasteiger partial charge < -0.3 is 9.84 Å². The van der Waals surface area contributed by atoms with Gasteiger partial charge in [0.15, 0.2) is 0 Å². The first-order chi connectivity index (χ1) is 12.5. The Labute approximate surface area is 162 Å². The molecule has 1 atom stereocenters. The van der Waals surface area contributed by atoms with Crippen LogP contribution < -0.4 is 4.74 Å². The van der Waals surface area contributed by atoms with Crippen LogP contribution in [-0.4, -0.2) is 11.1 Å². The fraction of sp³-hybridized carbons (Fsp3) is 0.375. The van der Waals surface area contributed by atoms with Crippen molar-refractivity contribution in [1.82, 2.24) is 0 Å². The summed E-state index contributed by atoms with van der Waals surface area (Å²) in [5.74, 6) is 0.309. The molecule has 144 valence electrons. The number of carbonyl (C=O) groups is 1. The number of hydrogen-bond acceptors (Lipinski definition) is 3. The van der Waals surface area contributed by atoms with Crippen molar-refractivity contribution in [2.24, 2.45) is 0 Å². The summed E-state index contributed by atoms with van der Waals surface area (Å²) in [7, 11) is 0. The number of aryl methyl sites for hydroxylation is 4. The number of benzene rings is 2. The lowest BCUT2D eigenvalue weighted by molar-refractivity contribution is -0.130. The van der Waals surface area contributed by atoms with E-state index < -0.39 is 5.97 Å². The van der Waals surface area contributed by atoms with Gasteiger partial charge in [-0.05, 0) is 81.8 Å². The zero-order chi connectivity index (χ0) is 20.6. The van der Waals surface area contributed by atoms with Gasteiger partial charge in [-0.15, -0.1) is 0 Å². The van der Waals surface area contributed by atoms with E-state index in [0.717, 1.165) is 44.5 Å². The van der Waals surface area contributed by atoms with Crippen LogP contribution in [0, 0.1) is 41.5 Å². The molecule has 1 unspecified atom stereocenters. The second-order valence-corrected chi connectivity index (χ2v) is 7.67. The van der Waals surface area contributed by atoms with E-state index in [9.17, 15) is 9.90 Å². The van der Waals surface area contributed by atoms with Crippen LogP contribution >= 0.6 is 0 Å². The van der Waals surface area contributed by atoms with Gasteiger partial charge in [0.1, 0.15) is 11.5 Å². The van der Waals surface area contributed by atoms with E-state index in [0.29, 0.717) is 17.1 Å². The third-order valence-corrected chi connectivity index (χ3v) is 5.50. The maximum absolute atomic E-state index is 12.2. The Bertz CT molecular complexity index is 909. The second-order valence-electron chi connectivity index (χ2n) is 7.67. The molecule has 0 radical (unpaired) electrons. The molecule has 0 aromatic heterocycles. The summed E-state index contributed by atoms with van der Waals surface area (Å²) in [5.41, 5.74) is 8.31. The Balaban J connectivity index is 2.78. The minimum Gasteiger partial charge on any atom is -0.507 e. The lowest BCUT2D eigenvalue weighted by Gasteiger charge is -2.25. The van der Waals surface area contributed by atoms with Crippen molar-refractivity contribution >= 4 is 5.97 Å². The standard InChI is InChI=1S/C24H30O3/c1-12(2)24(26)27-23-16(6)11-14(4)18(8)21(23)19(9)20-17(7)13(3)10-15(5)22(20)25/h10-11,19,25H,1H2,2-9H3. The third kappa shape index (κ3) is 3.78. The molecule has 0 amide bonds. The quantitative estimate of drug-likeness (QED) is 0.418. The molecule has 1 N–H and O–H groups in total. The normalized spacial score (nSPS) is 12.0. The maximum atomic E-state index is 12.2. The lowest BCUT2D eigenvalue weighted by Crippen LogP contribution is -2.14. The summed E-state index contributed by atoms with van der Waals surface area (Å²) in [6.45, 7) is 19.4. The van der Waals surface area contributed by atoms with Gasteiger partial charge in [0, 0.05) is 22.6 Å². The number of aromatic hydroxyl groups is 1. The van der Waals surface area contributed by atoms with E-state index in [4.69, 9.17) is 4.74 Å². The summed E-state index contributed by atoms with van der Waals surface area (Å²) < 4.78 is 5.74. The Morgan fingerprint density at radius 2 is 1.41 bits per heavy atom. The van der Waals surface area contributed by atoms with Crippen LogP contribution in [0.3, 0.4) is 0 Å². The summed E-state index contributed by atoms with van der Waals surface area (Å²) in [4.78, 5) is 12.2. The number of esters is 1. The molecule has 0 fully saturated rings. The molecule has 2 rings (SSSR count). The first-order valence-electron chi connectivity index (χ1n) is 9.25.